The maximum absolute atomic E-state index is 4.27. The first-order valence-electron chi connectivity index (χ1n) is 5.96. The molecule has 1 aromatic heterocycles. The number of rotatable bonds is 2. The predicted molar refractivity (Wildman–Crippen MR) is 61.9 cm³/mol. The molecule has 0 bridgehead atoms. The predicted octanol–water partition coefficient (Wildman–Crippen LogP) is 2.06. The van der Waals surface area contributed by atoms with E-state index in [0.29, 0.717) is 12.0 Å². The number of hydrogen-bond donors (Lipinski definition) is 1. The van der Waals surface area contributed by atoms with Crippen LogP contribution in [0.1, 0.15) is 43.7 Å². The zero-order valence-electron chi connectivity index (χ0n) is 9.74. The number of aromatic nitrogens is 2. The molecule has 0 amide bonds. The largest absolute Gasteiger partial charge is 0.317 e. The van der Waals surface area contributed by atoms with Crippen LogP contribution in [-0.2, 0) is 7.05 Å². The first-order chi connectivity index (χ1) is 7.31. The van der Waals surface area contributed by atoms with Gasteiger partial charge >= 0.3 is 0 Å². The topological polar surface area (TPSA) is 29.9 Å². The normalized spacial score (nSPS) is 27.6. The third-order valence-corrected chi connectivity index (χ3v) is 3.61. The number of aryl methyl sites for hydroxylation is 1. The Kier molecular flexibility index (Phi) is 3.41. The fraction of sp³-hybridized carbons (Fsp3) is 0.750. The van der Waals surface area contributed by atoms with Crippen LogP contribution in [0, 0.1) is 0 Å². The molecule has 84 valence electrons. The first kappa shape index (κ1) is 10.7. The fourth-order valence-electron chi connectivity index (χ4n) is 2.68. The molecule has 1 aliphatic carbocycles. The van der Waals surface area contributed by atoms with Gasteiger partial charge in [-0.3, -0.25) is 4.68 Å². The molecule has 0 saturated heterocycles. The van der Waals surface area contributed by atoms with E-state index in [1.807, 2.05) is 10.9 Å². The van der Waals surface area contributed by atoms with Crippen molar-refractivity contribution in [2.75, 3.05) is 7.05 Å². The smallest absolute Gasteiger partial charge is 0.0492 e. The Balaban J connectivity index is 2.10. The molecule has 2 unspecified atom stereocenters. The molecule has 0 spiro atoms. The summed E-state index contributed by atoms with van der Waals surface area (Å²) in [6.45, 7) is 0. The molecule has 1 fully saturated rings. The van der Waals surface area contributed by atoms with Crippen LogP contribution >= 0.6 is 0 Å². The van der Waals surface area contributed by atoms with Crippen LogP contribution < -0.4 is 5.32 Å². The fourth-order valence-corrected chi connectivity index (χ4v) is 2.68. The van der Waals surface area contributed by atoms with Gasteiger partial charge in [-0.15, -0.1) is 0 Å². The zero-order chi connectivity index (χ0) is 10.7. The monoisotopic (exact) mass is 207 g/mol. The quantitative estimate of drug-likeness (QED) is 0.752. The summed E-state index contributed by atoms with van der Waals surface area (Å²) >= 11 is 0. The molecule has 1 N–H and O–H groups in total. The lowest BCUT2D eigenvalue weighted by Gasteiger charge is -2.19. The van der Waals surface area contributed by atoms with Crippen molar-refractivity contribution in [1.82, 2.24) is 15.1 Å². The molecule has 0 aliphatic heterocycles. The number of hydrogen-bond acceptors (Lipinski definition) is 2. The molecular weight excluding hydrogens is 186 g/mol. The van der Waals surface area contributed by atoms with Crippen LogP contribution in [0.5, 0.6) is 0 Å². The number of nitrogens with zero attached hydrogens (tertiary/aromatic N) is 2. The van der Waals surface area contributed by atoms with Gasteiger partial charge in [0.25, 0.3) is 0 Å². The highest BCUT2D eigenvalue weighted by molar-refractivity contribution is 5.08. The van der Waals surface area contributed by atoms with Crippen molar-refractivity contribution < 1.29 is 0 Å². The van der Waals surface area contributed by atoms with E-state index in [0.717, 1.165) is 0 Å². The maximum atomic E-state index is 4.27. The van der Waals surface area contributed by atoms with E-state index >= 15 is 0 Å². The Hall–Kier alpha value is -0.830. The van der Waals surface area contributed by atoms with Gasteiger partial charge in [0, 0.05) is 30.9 Å². The van der Waals surface area contributed by atoms with E-state index < -0.39 is 0 Å². The Morgan fingerprint density at radius 2 is 2.20 bits per heavy atom. The Morgan fingerprint density at radius 1 is 1.40 bits per heavy atom. The zero-order valence-corrected chi connectivity index (χ0v) is 9.74. The van der Waals surface area contributed by atoms with E-state index in [1.165, 1.54) is 37.8 Å². The van der Waals surface area contributed by atoms with Crippen LogP contribution in [0.2, 0.25) is 0 Å². The summed E-state index contributed by atoms with van der Waals surface area (Å²) < 4.78 is 2.03. The first-order valence-corrected chi connectivity index (χ1v) is 5.96. The van der Waals surface area contributed by atoms with Gasteiger partial charge in [0.1, 0.15) is 0 Å². The minimum atomic E-state index is 0.687. The van der Waals surface area contributed by atoms with Crippen LogP contribution in [0.4, 0.5) is 0 Å². The average Bonchev–Trinajstić information content (AvgIpc) is 2.54. The van der Waals surface area contributed by atoms with E-state index in [4.69, 9.17) is 0 Å². The molecule has 3 nitrogen and oxygen atoms in total. The van der Waals surface area contributed by atoms with Crippen molar-refractivity contribution >= 4 is 0 Å². The highest BCUT2D eigenvalue weighted by Gasteiger charge is 2.22. The summed E-state index contributed by atoms with van der Waals surface area (Å²) in [5, 5.41) is 7.70. The van der Waals surface area contributed by atoms with Crippen LogP contribution in [0.15, 0.2) is 12.3 Å². The standard InChI is InChI=1S/C12H21N3/c1-13-11-6-4-3-5-10(9-11)12-7-8-14-15(12)2/h7-8,10-11,13H,3-6,9H2,1-2H3. The molecule has 1 saturated carbocycles. The summed E-state index contributed by atoms with van der Waals surface area (Å²) in [7, 11) is 4.13. The van der Waals surface area contributed by atoms with Gasteiger partial charge in [-0.05, 0) is 32.4 Å². The molecular formula is C12H21N3. The highest BCUT2D eigenvalue weighted by atomic mass is 15.3. The minimum Gasteiger partial charge on any atom is -0.317 e. The lowest BCUT2D eigenvalue weighted by atomic mass is 9.94. The van der Waals surface area contributed by atoms with Crippen molar-refractivity contribution in [1.29, 1.82) is 0 Å². The van der Waals surface area contributed by atoms with Gasteiger partial charge in [-0.1, -0.05) is 12.8 Å². The Morgan fingerprint density at radius 3 is 2.87 bits per heavy atom. The molecule has 15 heavy (non-hydrogen) atoms. The summed E-state index contributed by atoms with van der Waals surface area (Å²) in [4.78, 5) is 0. The Labute approximate surface area is 91.9 Å². The van der Waals surface area contributed by atoms with Crippen molar-refractivity contribution in [3.63, 3.8) is 0 Å². The van der Waals surface area contributed by atoms with Gasteiger partial charge in [-0.25, -0.2) is 0 Å². The van der Waals surface area contributed by atoms with Gasteiger partial charge in [-0.2, -0.15) is 5.10 Å². The summed E-state index contributed by atoms with van der Waals surface area (Å²) in [5.74, 6) is 0.692. The second kappa shape index (κ2) is 4.79. The van der Waals surface area contributed by atoms with Crippen molar-refractivity contribution in [2.45, 2.75) is 44.1 Å². The SMILES string of the molecule is CNC1CCCCC(c2ccnn2C)C1. The lowest BCUT2D eigenvalue weighted by molar-refractivity contribution is 0.456. The summed E-state index contributed by atoms with van der Waals surface area (Å²) in [5.41, 5.74) is 1.40. The van der Waals surface area contributed by atoms with Crippen molar-refractivity contribution in [3.8, 4) is 0 Å². The number of nitrogens with one attached hydrogen (secondary N) is 1. The molecule has 0 radical (unpaired) electrons. The van der Waals surface area contributed by atoms with E-state index in [1.54, 1.807) is 0 Å². The Bertz CT molecular complexity index is 306. The van der Waals surface area contributed by atoms with Gasteiger partial charge in [0.05, 0.1) is 0 Å². The van der Waals surface area contributed by atoms with Crippen LogP contribution in [0.25, 0.3) is 0 Å². The molecule has 1 aliphatic rings. The molecule has 2 atom stereocenters. The van der Waals surface area contributed by atoms with Crippen LogP contribution in [-0.4, -0.2) is 22.9 Å². The average molecular weight is 207 g/mol. The second-order valence-corrected chi connectivity index (χ2v) is 4.58. The summed E-state index contributed by atoms with van der Waals surface area (Å²) in [6, 6.07) is 2.86. The van der Waals surface area contributed by atoms with Gasteiger partial charge in [0.2, 0.25) is 0 Å². The maximum Gasteiger partial charge on any atom is 0.0492 e. The molecule has 3 heteroatoms. The highest BCUT2D eigenvalue weighted by Crippen LogP contribution is 2.31. The minimum absolute atomic E-state index is 0.687. The van der Waals surface area contributed by atoms with E-state index in [-0.39, 0.29) is 0 Å². The summed E-state index contributed by atoms with van der Waals surface area (Å²) in [6.07, 6.45) is 8.53. The van der Waals surface area contributed by atoms with Crippen molar-refractivity contribution in [3.05, 3.63) is 18.0 Å². The second-order valence-electron chi connectivity index (χ2n) is 4.58. The molecule has 2 rings (SSSR count). The van der Waals surface area contributed by atoms with Crippen molar-refractivity contribution in [2.24, 2.45) is 7.05 Å². The van der Waals surface area contributed by atoms with E-state index in [9.17, 15) is 0 Å². The molecule has 0 aromatic carbocycles. The molecule has 1 aromatic rings. The third-order valence-electron chi connectivity index (χ3n) is 3.61. The third kappa shape index (κ3) is 2.40. The van der Waals surface area contributed by atoms with Crippen LogP contribution in [0.3, 0.4) is 0 Å². The van der Waals surface area contributed by atoms with Gasteiger partial charge < -0.3 is 5.32 Å². The lowest BCUT2D eigenvalue weighted by Crippen LogP contribution is -2.26. The molecule has 1 heterocycles. The van der Waals surface area contributed by atoms with E-state index in [2.05, 4.69) is 30.6 Å². The van der Waals surface area contributed by atoms with Gasteiger partial charge in [0.15, 0.2) is 0 Å².